The van der Waals surface area contributed by atoms with Crippen LogP contribution < -0.4 is 16.1 Å². The Morgan fingerprint density at radius 3 is 2.69 bits per heavy atom. The van der Waals surface area contributed by atoms with Gasteiger partial charge in [-0.25, -0.2) is 0 Å². The van der Waals surface area contributed by atoms with E-state index in [4.69, 9.17) is 0 Å². The van der Waals surface area contributed by atoms with Gasteiger partial charge < -0.3 is 15.6 Å². The minimum Gasteiger partial charge on any atom is -0.367 e. The second-order valence-corrected chi connectivity index (χ2v) is 4.38. The molecule has 0 aliphatic rings. The highest BCUT2D eigenvalue weighted by Crippen LogP contribution is 1.89. The van der Waals surface area contributed by atoms with Gasteiger partial charge in [-0.1, -0.05) is 13.8 Å². The summed E-state index contributed by atoms with van der Waals surface area (Å²) >= 11 is 0. The predicted octanol–water partition coefficient (Wildman–Crippen LogP) is 0.851. The monoisotopic (exact) mass is 223 g/mol. The van der Waals surface area contributed by atoms with Crippen LogP contribution >= 0.6 is 0 Å². The molecule has 0 spiro atoms. The SMILES string of the molecule is CC(C)NCC(C)NCc1c[nH]ccc1=O. The molecule has 4 nitrogen and oxygen atoms in total. The first-order chi connectivity index (χ1) is 7.59. The van der Waals surface area contributed by atoms with Crippen LogP contribution in [0.4, 0.5) is 0 Å². The zero-order chi connectivity index (χ0) is 12.0. The van der Waals surface area contributed by atoms with E-state index in [1.807, 2.05) is 0 Å². The fourth-order valence-corrected chi connectivity index (χ4v) is 1.36. The van der Waals surface area contributed by atoms with E-state index in [0.29, 0.717) is 18.6 Å². The van der Waals surface area contributed by atoms with Gasteiger partial charge in [0.25, 0.3) is 0 Å². The molecule has 0 aliphatic carbocycles. The quantitative estimate of drug-likeness (QED) is 0.670. The smallest absolute Gasteiger partial charge is 0.186 e. The third-order valence-corrected chi connectivity index (χ3v) is 2.38. The average Bonchev–Trinajstić information content (AvgIpc) is 2.25. The molecule has 0 aliphatic heterocycles. The molecular weight excluding hydrogens is 202 g/mol. The lowest BCUT2D eigenvalue weighted by atomic mass is 10.2. The van der Waals surface area contributed by atoms with Gasteiger partial charge in [0.2, 0.25) is 0 Å². The maximum atomic E-state index is 11.4. The summed E-state index contributed by atoms with van der Waals surface area (Å²) in [5.74, 6) is 0. The standard InChI is InChI=1S/C12H21N3O/c1-9(2)14-6-10(3)15-8-11-7-13-5-4-12(11)16/h4-5,7,9-10,14-15H,6,8H2,1-3H3,(H,13,16). The highest BCUT2D eigenvalue weighted by atomic mass is 16.1. The van der Waals surface area contributed by atoms with Crippen molar-refractivity contribution in [2.45, 2.75) is 39.4 Å². The van der Waals surface area contributed by atoms with E-state index < -0.39 is 0 Å². The first-order valence-electron chi connectivity index (χ1n) is 5.72. The summed E-state index contributed by atoms with van der Waals surface area (Å²) in [6.07, 6.45) is 3.40. The number of pyridine rings is 1. The molecule has 0 bridgehead atoms. The van der Waals surface area contributed by atoms with Crippen molar-refractivity contribution < 1.29 is 0 Å². The summed E-state index contributed by atoms with van der Waals surface area (Å²) in [4.78, 5) is 14.3. The molecule has 1 aromatic heterocycles. The van der Waals surface area contributed by atoms with Crippen LogP contribution in [0.25, 0.3) is 0 Å². The van der Waals surface area contributed by atoms with E-state index in [1.54, 1.807) is 18.5 Å². The van der Waals surface area contributed by atoms with Gasteiger partial charge in [-0.15, -0.1) is 0 Å². The molecule has 0 saturated heterocycles. The zero-order valence-electron chi connectivity index (χ0n) is 10.2. The number of hydrogen-bond acceptors (Lipinski definition) is 3. The van der Waals surface area contributed by atoms with Crippen molar-refractivity contribution in [2.75, 3.05) is 6.54 Å². The molecule has 0 saturated carbocycles. The zero-order valence-corrected chi connectivity index (χ0v) is 10.2. The first kappa shape index (κ1) is 12.9. The third-order valence-electron chi connectivity index (χ3n) is 2.38. The molecule has 0 fully saturated rings. The third kappa shape index (κ3) is 4.59. The minimum absolute atomic E-state index is 0.0790. The Bertz CT molecular complexity index is 359. The van der Waals surface area contributed by atoms with Gasteiger partial charge in [0.1, 0.15) is 0 Å². The van der Waals surface area contributed by atoms with Crippen LogP contribution in [0.2, 0.25) is 0 Å². The number of nitrogens with one attached hydrogen (secondary N) is 3. The van der Waals surface area contributed by atoms with Crippen molar-refractivity contribution in [1.82, 2.24) is 15.6 Å². The Kier molecular flexibility index (Phi) is 5.22. The highest BCUT2D eigenvalue weighted by Gasteiger charge is 2.03. The van der Waals surface area contributed by atoms with Crippen molar-refractivity contribution in [1.29, 1.82) is 0 Å². The normalized spacial score (nSPS) is 13.0. The number of aromatic nitrogens is 1. The number of H-pyrrole nitrogens is 1. The van der Waals surface area contributed by atoms with Crippen LogP contribution in [0.5, 0.6) is 0 Å². The molecule has 16 heavy (non-hydrogen) atoms. The second kappa shape index (κ2) is 6.45. The summed E-state index contributed by atoms with van der Waals surface area (Å²) in [6, 6.07) is 2.39. The molecule has 1 unspecified atom stereocenters. The minimum atomic E-state index is 0.0790. The molecule has 0 radical (unpaired) electrons. The lowest BCUT2D eigenvalue weighted by Gasteiger charge is -2.16. The van der Waals surface area contributed by atoms with Crippen LogP contribution in [-0.2, 0) is 6.54 Å². The molecule has 1 heterocycles. The summed E-state index contributed by atoms with van der Waals surface area (Å²) < 4.78 is 0. The van der Waals surface area contributed by atoms with Gasteiger partial charge in [-0.05, 0) is 6.92 Å². The van der Waals surface area contributed by atoms with E-state index in [1.165, 1.54) is 0 Å². The molecule has 4 heteroatoms. The van der Waals surface area contributed by atoms with E-state index in [-0.39, 0.29) is 5.43 Å². The summed E-state index contributed by atoms with van der Waals surface area (Å²) in [7, 11) is 0. The maximum Gasteiger partial charge on any atom is 0.186 e. The van der Waals surface area contributed by atoms with Gasteiger partial charge in [-0.3, -0.25) is 4.79 Å². The van der Waals surface area contributed by atoms with Crippen LogP contribution in [0.1, 0.15) is 26.3 Å². The van der Waals surface area contributed by atoms with E-state index >= 15 is 0 Å². The van der Waals surface area contributed by atoms with Gasteiger partial charge in [0.05, 0.1) is 0 Å². The highest BCUT2D eigenvalue weighted by molar-refractivity contribution is 5.08. The molecular formula is C12H21N3O. The van der Waals surface area contributed by atoms with Gasteiger partial charge >= 0.3 is 0 Å². The lowest BCUT2D eigenvalue weighted by Crippen LogP contribution is -2.39. The van der Waals surface area contributed by atoms with Crippen molar-refractivity contribution in [3.05, 3.63) is 34.2 Å². The molecule has 0 aromatic carbocycles. The predicted molar refractivity (Wildman–Crippen MR) is 66.5 cm³/mol. The van der Waals surface area contributed by atoms with Crippen LogP contribution in [0.3, 0.4) is 0 Å². The Balaban J connectivity index is 2.34. The number of hydrogen-bond donors (Lipinski definition) is 3. The first-order valence-corrected chi connectivity index (χ1v) is 5.72. The Morgan fingerprint density at radius 1 is 1.31 bits per heavy atom. The molecule has 90 valence electrons. The second-order valence-electron chi connectivity index (χ2n) is 4.38. The van der Waals surface area contributed by atoms with Crippen molar-refractivity contribution in [3.63, 3.8) is 0 Å². The molecule has 1 rings (SSSR count). The Labute approximate surface area is 96.5 Å². The number of rotatable bonds is 6. The fraction of sp³-hybridized carbons (Fsp3) is 0.583. The Hall–Kier alpha value is -1.13. The van der Waals surface area contributed by atoms with Crippen molar-refractivity contribution in [3.8, 4) is 0 Å². The van der Waals surface area contributed by atoms with Crippen LogP contribution in [0.15, 0.2) is 23.3 Å². The molecule has 0 amide bonds. The lowest BCUT2D eigenvalue weighted by molar-refractivity contribution is 0.473. The van der Waals surface area contributed by atoms with Crippen molar-refractivity contribution in [2.24, 2.45) is 0 Å². The van der Waals surface area contributed by atoms with Gasteiger partial charge in [0, 0.05) is 49.2 Å². The van der Waals surface area contributed by atoms with Gasteiger partial charge in [0.15, 0.2) is 5.43 Å². The van der Waals surface area contributed by atoms with E-state index in [9.17, 15) is 4.79 Å². The number of aromatic amines is 1. The van der Waals surface area contributed by atoms with Crippen molar-refractivity contribution >= 4 is 0 Å². The largest absolute Gasteiger partial charge is 0.367 e. The maximum absolute atomic E-state index is 11.4. The molecule has 1 aromatic rings. The van der Waals surface area contributed by atoms with E-state index in [0.717, 1.165) is 12.1 Å². The average molecular weight is 223 g/mol. The summed E-state index contributed by atoms with van der Waals surface area (Å²) in [5, 5.41) is 6.66. The summed E-state index contributed by atoms with van der Waals surface area (Å²) in [5.41, 5.74) is 0.856. The Morgan fingerprint density at radius 2 is 2.06 bits per heavy atom. The van der Waals surface area contributed by atoms with Gasteiger partial charge in [-0.2, -0.15) is 0 Å². The van der Waals surface area contributed by atoms with E-state index in [2.05, 4.69) is 36.4 Å². The topological polar surface area (TPSA) is 56.9 Å². The molecule has 3 N–H and O–H groups in total. The fourth-order valence-electron chi connectivity index (χ4n) is 1.36. The summed E-state index contributed by atoms with van der Waals surface area (Å²) in [6.45, 7) is 7.86. The van der Waals surface area contributed by atoms with Crippen LogP contribution in [-0.4, -0.2) is 23.6 Å². The molecule has 1 atom stereocenters. The van der Waals surface area contributed by atoms with Crippen LogP contribution in [0, 0.1) is 0 Å².